The van der Waals surface area contributed by atoms with Crippen LogP contribution in [-0.4, -0.2) is 21.8 Å². The maximum Gasteiger partial charge on any atom is 0.255 e. The Balaban J connectivity index is 1.80. The molecule has 0 unspecified atom stereocenters. The van der Waals surface area contributed by atoms with Gasteiger partial charge in [0.25, 0.3) is 5.91 Å². The van der Waals surface area contributed by atoms with Gasteiger partial charge in [0.1, 0.15) is 11.6 Å². The van der Waals surface area contributed by atoms with Crippen molar-refractivity contribution in [2.75, 3.05) is 5.32 Å². The van der Waals surface area contributed by atoms with Crippen LogP contribution in [0.15, 0.2) is 48.8 Å². The van der Waals surface area contributed by atoms with E-state index in [0.29, 0.717) is 17.0 Å². The van der Waals surface area contributed by atoms with Gasteiger partial charge in [0.2, 0.25) is 5.92 Å². The average molecular weight is 443 g/mol. The number of halogens is 4. The number of hydrogen-bond acceptors (Lipinski definition) is 3. The number of amides is 1. The van der Waals surface area contributed by atoms with Crippen molar-refractivity contribution in [1.29, 1.82) is 0 Å². The highest BCUT2D eigenvalue weighted by molar-refractivity contribution is 6.06. The summed E-state index contributed by atoms with van der Waals surface area (Å²) in [5.74, 6) is -4.88. The first-order valence-corrected chi connectivity index (χ1v) is 10.3. The van der Waals surface area contributed by atoms with Crippen LogP contribution in [0.1, 0.15) is 53.3 Å². The van der Waals surface area contributed by atoms with Gasteiger partial charge in [-0.3, -0.25) is 14.8 Å². The van der Waals surface area contributed by atoms with Crippen molar-refractivity contribution in [2.45, 2.75) is 44.4 Å². The van der Waals surface area contributed by atoms with Crippen LogP contribution in [0.4, 0.5) is 23.2 Å². The zero-order chi connectivity index (χ0) is 22.9. The molecule has 32 heavy (non-hydrogen) atoms. The molecule has 8 heteroatoms. The van der Waals surface area contributed by atoms with Crippen molar-refractivity contribution in [2.24, 2.45) is 0 Å². The quantitative estimate of drug-likeness (QED) is 0.483. The van der Waals surface area contributed by atoms with Crippen LogP contribution in [0.25, 0.3) is 11.1 Å². The van der Waals surface area contributed by atoms with E-state index in [1.54, 1.807) is 13.0 Å². The third kappa shape index (κ3) is 4.64. The van der Waals surface area contributed by atoms with Crippen molar-refractivity contribution < 1.29 is 22.4 Å². The number of rotatable bonds is 4. The second-order valence-corrected chi connectivity index (χ2v) is 8.01. The zero-order valence-electron chi connectivity index (χ0n) is 17.3. The van der Waals surface area contributed by atoms with Crippen molar-refractivity contribution in [3.63, 3.8) is 0 Å². The lowest BCUT2D eigenvalue weighted by Crippen LogP contribution is -2.25. The monoisotopic (exact) mass is 443 g/mol. The number of pyridine rings is 2. The molecule has 1 amide bonds. The van der Waals surface area contributed by atoms with E-state index in [1.165, 1.54) is 24.5 Å². The molecule has 1 aliphatic carbocycles. The van der Waals surface area contributed by atoms with Crippen molar-refractivity contribution in [3.05, 3.63) is 77.4 Å². The molecule has 2 heterocycles. The lowest BCUT2D eigenvalue weighted by molar-refractivity contribution is -0.0384. The van der Waals surface area contributed by atoms with Gasteiger partial charge in [0.05, 0.1) is 11.4 Å². The normalized spacial score (nSPS) is 16.0. The summed E-state index contributed by atoms with van der Waals surface area (Å²) < 4.78 is 56.0. The summed E-state index contributed by atoms with van der Waals surface area (Å²) in [7, 11) is 0. The molecule has 4 nitrogen and oxygen atoms in total. The summed E-state index contributed by atoms with van der Waals surface area (Å²) in [5.41, 5.74) is 1.75. The fourth-order valence-corrected chi connectivity index (χ4v) is 4.03. The van der Waals surface area contributed by atoms with Gasteiger partial charge in [0.15, 0.2) is 0 Å². The van der Waals surface area contributed by atoms with Gasteiger partial charge in [-0.2, -0.15) is 0 Å². The Kier molecular flexibility index (Phi) is 5.95. The number of nitrogens with one attached hydrogen (secondary N) is 1. The van der Waals surface area contributed by atoms with Crippen LogP contribution in [-0.2, 0) is 0 Å². The van der Waals surface area contributed by atoms with Crippen molar-refractivity contribution >= 4 is 11.6 Å². The molecule has 1 aliphatic rings. The predicted molar refractivity (Wildman–Crippen MR) is 113 cm³/mol. The number of anilines is 1. The van der Waals surface area contributed by atoms with Gasteiger partial charge in [0, 0.05) is 53.5 Å². The first kappa shape index (κ1) is 21.9. The first-order chi connectivity index (χ1) is 15.2. The maximum absolute atomic E-state index is 14.6. The smallest absolute Gasteiger partial charge is 0.255 e. The minimum atomic E-state index is -2.74. The summed E-state index contributed by atoms with van der Waals surface area (Å²) in [6.07, 6.45) is 2.67. The molecule has 1 saturated carbocycles. The molecule has 1 aromatic carbocycles. The van der Waals surface area contributed by atoms with E-state index < -0.39 is 23.5 Å². The van der Waals surface area contributed by atoms with Crippen molar-refractivity contribution in [3.8, 4) is 11.1 Å². The van der Waals surface area contributed by atoms with Crippen molar-refractivity contribution in [1.82, 2.24) is 9.97 Å². The Bertz CT molecular complexity index is 1160. The number of hydrogen-bond donors (Lipinski definition) is 1. The largest absolute Gasteiger partial charge is 0.320 e. The molecule has 0 spiro atoms. The molecule has 0 saturated heterocycles. The Morgan fingerprint density at radius 2 is 1.72 bits per heavy atom. The number of benzene rings is 1. The van der Waals surface area contributed by atoms with E-state index >= 15 is 0 Å². The minimum absolute atomic E-state index is 0.0454. The zero-order valence-corrected chi connectivity index (χ0v) is 17.3. The third-order valence-corrected chi connectivity index (χ3v) is 5.70. The van der Waals surface area contributed by atoms with Crippen LogP contribution in [0.2, 0.25) is 0 Å². The lowest BCUT2D eigenvalue weighted by atomic mass is 9.83. The molecule has 1 N–H and O–H groups in total. The molecule has 0 radical (unpaired) electrons. The van der Waals surface area contributed by atoms with E-state index in [1.807, 2.05) is 0 Å². The maximum atomic E-state index is 14.6. The van der Waals surface area contributed by atoms with Gasteiger partial charge < -0.3 is 5.32 Å². The lowest BCUT2D eigenvalue weighted by Gasteiger charge is -2.29. The molecule has 4 rings (SSSR count). The summed E-state index contributed by atoms with van der Waals surface area (Å²) in [5, 5.41) is 2.78. The SMILES string of the molecule is Cc1cc(C(=O)Nc2c(-c3cc(F)ccc3F)ccnc2C2CCC(F)(F)CC2)ccn1. The fourth-order valence-electron chi connectivity index (χ4n) is 4.03. The molecular formula is C24H21F4N3O. The highest BCUT2D eigenvalue weighted by Gasteiger charge is 2.37. The summed E-state index contributed by atoms with van der Waals surface area (Å²) in [6, 6.07) is 7.64. The van der Waals surface area contributed by atoms with E-state index in [-0.39, 0.29) is 48.4 Å². The highest BCUT2D eigenvalue weighted by Crippen LogP contribution is 2.44. The van der Waals surface area contributed by atoms with Gasteiger partial charge in [-0.05, 0) is 56.2 Å². The molecule has 3 aromatic rings. The van der Waals surface area contributed by atoms with Crippen LogP contribution in [0.3, 0.4) is 0 Å². The number of aromatic nitrogens is 2. The van der Waals surface area contributed by atoms with Gasteiger partial charge in [-0.25, -0.2) is 17.6 Å². The van der Waals surface area contributed by atoms with Gasteiger partial charge in [-0.15, -0.1) is 0 Å². The Morgan fingerprint density at radius 3 is 2.44 bits per heavy atom. The minimum Gasteiger partial charge on any atom is -0.320 e. The third-order valence-electron chi connectivity index (χ3n) is 5.70. The van der Waals surface area contributed by atoms with Gasteiger partial charge in [-0.1, -0.05) is 0 Å². The topological polar surface area (TPSA) is 54.9 Å². The van der Waals surface area contributed by atoms with Crippen LogP contribution >= 0.6 is 0 Å². The molecule has 0 bridgehead atoms. The molecule has 166 valence electrons. The van der Waals surface area contributed by atoms with E-state index in [9.17, 15) is 22.4 Å². The van der Waals surface area contributed by atoms with E-state index in [2.05, 4.69) is 15.3 Å². The van der Waals surface area contributed by atoms with Crippen LogP contribution in [0, 0.1) is 18.6 Å². The van der Waals surface area contributed by atoms with Gasteiger partial charge >= 0.3 is 0 Å². The molecule has 0 aliphatic heterocycles. The first-order valence-electron chi connectivity index (χ1n) is 10.3. The highest BCUT2D eigenvalue weighted by atomic mass is 19.3. The summed E-state index contributed by atoms with van der Waals surface area (Å²) in [6.45, 7) is 1.74. The van der Waals surface area contributed by atoms with Crippen LogP contribution < -0.4 is 5.32 Å². The molecule has 1 fully saturated rings. The fraction of sp³-hybridized carbons (Fsp3) is 0.292. The summed E-state index contributed by atoms with van der Waals surface area (Å²) in [4.78, 5) is 21.4. The number of aryl methyl sites for hydroxylation is 1. The number of carbonyl (C=O) groups excluding carboxylic acids is 1. The predicted octanol–water partition coefficient (Wildman–Crippen LogP) is 6.28. The Labute approximate surface area is 182 Å². The second kappa shape index (κ2) is 8.68. The summed E-state index contributed by atoms with van der Waals surface area (Å²) >= 11 is 0. The molecule has 2 aromatic heterocycles. The standard InChI is InChI=1S/C24H21F4N3O/c1-14-12-16(6-10-29-14)23(32)31-22-18(19-13-17(25)2-3-20(19)26)7-11-30-21(22)15-4-8-24(27,28)9-5-15/h2-3,6-7,10-13,15H,4-5,8-9H2,1H3,(H,31,32). The number of alkyl halides is 2. The Hall–Kier alpha value is -3.29. The van der Waals surface area contributed by atoms with Crippen LogP contribution in [0.5, 0.6) is 0 Å². The second-order valence-electron chi connectivity index (χ2n) is 8.01. The number of nitrogens with zero attached hydrogens (tertiary/aromatic N) is 2. The molecule has 0 atom stereocenters. The average Bonchev–Trinajstić information content (AvgIpc) is 2.76. The van der Waals surface area contributed by atoms with E-state index in [0.717, 1.165) is 18.2 Å². The Morgan fingerprint density at radius 1 is 1.00 bits per heavy atom. The molecular weight excluding hydrogens is 422 g/mol. The van der Waals surface area contributed by atoms with E-state index in [4.69, 9.17) is 0 Å². The number of carbonyl (C=O) groups is 1.